The molecule has 2 atom stereocenters. The van der Waals surface area contributed by atoms with E-state index < -0.39 is 6.04 Å². The highest BCUT2D eigenvalue weighted by atomic mass is 16.2. The zero-order valence-corrected chi connectivity index (χ0v) is 17.8. The molecule has 5 heteroatoms. The first kappa shape index (κ1) is 18.9. The van der Waals surface area contributed by atoms with Crippen LogP contribution in [0, 0.1) is 6.92 Å². The number of rotatable bonds is 2. The molecule has 2 aliphatic rings. The topological polar surface area (TPSA) is 56.4 Å². The fourth-order valence-electron chi connectivity index (χ4n) is 5.19. The largest absolute Gasteiger partial charge is 0.356 e. The molecule has 2 aliphatic heterocycles. The van der Waals surface area contributed by atoms with Crippen LogP contribution in [0.2, 0.25) is 0 Å². The Morgan fingerprint density at radius 3 is 2.38 bits per heavy atom. The van der Waals surface area contributed by atoms with E-state index in [1.54, 1.807) is 9.80 Å². The summed E-state index contributed by atoms with van der Waals surface area (Å²) in [5, 5.41) is 1.12. The Bertz CT molecular complexity index is 1340. The molecule has 0 saturated carbocycles. The zero-order valence-electron chi connectivity index (χ0n) is 17.8. The number of anilines is 1. The highest BCUT2D eigenvalue weighted by molar-refractivity contribution is 6.07. The highest BCUT2D eigenvalue weighted by Crippen LogP contribution is 2.42. The number of hydrogen-bond donors (Lipinski definition) is 1. The third-order valence-corrected chi connectivity index (χ3v) is 6.72. The van der Waals surface area contributed by atoms with Gasteiger partial charge in [-0.3, -0.25) is 9.59 Å². The van der Waals surface area contributed by atoms with Gasteiger partial charge in [-0.15, -0.1) is 0 Å². The lowest BCUT2D eigenvalue weighted by atomic mass is 9.86. The minimum absolute atomic E-state index is 0.0229. The van der Waals surface area contributed by atoms with Crippen molar-refractivity contribution in [1.29, 1.82) is 0 Å². The molecule has 1 unspecified atom stereocenters. The fourth-order valence-corrected chi connectivity index (χ4v) is 5.19. The van der Waals surface area contributed by atoms with E-state index in [4.69, 9.17) is 0 Å². The molecule has 1 saturated heterocycles. The molecule has 32 heavy (non-hydrogen) atoms. The smallest absolute Gasteiger partial charge is 0.250 e. The van der Waals surface area contributed by atoms with E-state index in [1.165, 1.54) is 0 Å². The first-order valence-electron chi connectivity index (χ1n) is 11.0. The second-order valence-corrected chi connectivity index (χ2v) is 8.66. The summed E-state index contributed by atoms with van der Waals surface area (Å²) in [4.78, 5) is 34.3. The number of fused-ring (bicyclic) bond motifs is 4. The number of nitrogens with zero attached hydrogens (tertiary/aromatic N) is 2. The van der Waals surface area contributed by atoms with Gasteiger partial charge in [0.25, 0.3) is 5.91 Å². The quantitative estimate of drug-likeness (QED) is 0.523. The van der Waals surface area contributed by atoms with Crippen LogP contribution in [0.3, 0.4) is 0 Å². The van der Waals surface area contributed by atoms with Crippen molar-refractivity contribution in [3.05, 3.63) is 101 Å². The maximum absolute atomic E-state index is 13.8. The van der Waals surface area contributed by atoms with Gasteiger partial charge in [0, 0.05) is 28.7 Å². The van der Waals surface area contributed by atoms with Gasteiger partial charge in [0.05, 0.1) is 6.04 Å². The maximum atomic E-state index is 13.8. The van der Waals surface area contributed by atoms with E-state index in [0.29, 0.717) is 6.42 Å². The Kier molecular flexibility index (Phi) is 4.18. The molecule has 2 amide bonds. The molecule has 1 aromatic heterocycles. The number of para-hydroxylation sites is 1. The molecule has 4 aromatic rings. The van der Waals surface area contributed by atoms with Crippen LogP contribution in [0.1, 0.15) is 28.4 Å². The predicted octanol–water partition coefficient (Wildman–Crippen LogP) is 4.37. The molecule has 3 heterocycles. The molecule has 1 N–H and O–H groups in total. The Labute approximate surface area is 186 Å². The summed E-state index contributed by atoms with van der Waals surface area (Å²) < 4.78 is 0. The standard InChI is InChI=1S/C27H23N3O2/c1-17-11-13-19(14-12-17)29-16-24(31)30-23(27(29)32)15-21-20-9-5-6-10-22(20)28-25(21)26(30)18-7-3-2-4-8-18/h2-14,23,26,28H,15-16H2,1H3/t23?,26-/m1/s1. The number of aromatic amines is 1. The molecular weight excluding hydrogens is 398 g/mol. The van der Waals surface area contributed by atoms with Crippen molar-refractivity contribution in [3.8, 4) is 0 Å². The van der Waals surface area contributed by atoms with Crippen LogP contribution in [0.4, 0.5) is 5.69 Å². The van der Waals surface area contributed by atoms with Gasteiger partial charge >= 0.3 is 0 Å². The van der Waals surface area contributed by atoms with Crippen molar-refractivity contribution in [1.82, 2.24) is 9.88 Å². The number of H-pyrrole nitrogens is 1. The lowest BCUT2D eigenvalue weighted by Crippen LogP contribution is -2.63. The van der Waals surface area contributed by atoms with Gasteiger partial charge in [0.1, 0.15) is 12.6 Å². The number of amides is 2. The van der Waals surface area contributed by atoms with E-state index in [1.807, 2.05) is 73.7 Å². The fraction of sp³-hybridized carbons (Fsp3) is 0.185. The molecule has 0 bridgehead atoms. The van der Waals surface area contributed by atoms with Crippen molar-refractivity contribution < 1.29 is 9.59 Å². The normalized spacial score (nSPS) is 20.4. The Hall–Kier alpha value is -3.86. The van der Waals surface area contributed by atoms with Crippen molar-refractivity contribution in [2.24, 2.45) is 0 Å². The van der Waals surface area contributed by atoms with Gasteiger partial charge in [-0.2, -0.15) is 0 Å². The molecule has 6 rings (SSSR count). The molecule has 5 nitrogen and oxygen atoms in total. The first-order chi connectivity index (χ1) is 15.6. The van der Waals surface area contributed by atoms with Crippen molar-refractivity contribution in [3.63, 3.8) is 0 Å². The van der Waals surface area contributed by atoms with Gasteiger partial charge in [-0.1, -0.05) is 66.2 Å². The zero-order chi connectivity index (χ0) is 21.8. The third-order valence-electron chi connectivity index (χ3n) is 6.72. The predicted molar refractivity (Wildman–Crippen MR) is 124 cm³/mol. The van der Waals surface area contributed by atoms with Crippen LogP contribution >= 0.6 is 0 Å². The van der Waals surface area contributed by atoms with Crippen LogP contribution in [0.5, 0.6) is 0 Å². The van der Waals surface area contributed by atoms with Gasteiger partial charge in [0.15, 0.2) is 0 Å². The number of carbonyl (C=O) groups is 2. The molecule has 0 radical (unpaired) electrons. The van der Waals surface area contributed by atoms with Crippen molar-refractivity contribution in [2.75, 3.05) is 11.4 Å². The SMILES string of the molecule is Cc1ccc(N2CC(=O)N3C(Cc4c([nH]c5ccccc45)[C@H]3c3ccccc3)C2=O)cc1. The van der Waals surface area contributed by atoms with Crippen molar-refractivity contribution >= 4 is 28.4 Å². The third kappa shape index (κ3) is 2.78. The number of aryl methyl sites for hydroxylation is 1. The van der Waals surface area contributed by atoms with Gasteiger partial charge in [0.2, 0.25) is 5.91 Å². The number of nitrogens with one attached hydrogen (secondary N) is 1. The molecule has 1 fully saturated rings. The van der Waals surface area contributed by atoms with E-state index in [-0.39, 0.29) is 24.4 Å². The lowest BCUT2D eigenvalue weighted by Gasteiger charge is -2.47. The number of aromatic nitrogens is 1. The summed E-state index contributed by atoms with van der Waals surface area (Å²) in [6, 6.07) is 25.1. The van der Waals surface area contributed by atoms with Gasteiger partial charge in [-0.25, -0.2) is 0 Å². The van der Waals surface area contributed by atoms with Crippen LogP contribution in [-0.2, 0) is 16.0 Å². The monoisotopic (exact) mass is 421 g/mol. The lowest BCUT2D eigenvalue weighted by molar-refractivity contribution is -0.145. The molecule has 158 valence electrons. The maximum Gasteiger partial charge on any atom is 0.250 e. The van der Waals surface area contributed by atoms with E-state index in [2.05, 4.69) is 17.1 Å². The molecular formula is C27H23N3O2. The first-order valence-corrected chi connectivity index (χ1v) is 11.0. The second-order valence-electron chi connectivity index (χ2n) is 8.66. The Morgan fingerprint density at radius 1 is 0.875 bits per heavy atom. The van der Waals surface area contributed by atoms with Gasteiger partial charge < -0.3 is 14.8 Å². The summed E-state index contributed by atoms with van der Waals surface area (Å²) >= 11 is 0. The summed E-state index contributed by atoms with van der Waals surface area (Å²) in [6.07, 6.45) is 0.510. The van der Waals surface area contributed by atoms with E-state index in [9.17, 15) is 9.59 Å². The number of piperazine rings is 1. The van der Waals surface area contributed by atoms with Crippen LogP contribution < -0.4 is 4.90 Å². The average Bonchev–Trinajstić information content (AvgIpc) is 3.20. The second kappa shape index (κ2) is 7.09. The van der Waals surface area contributed by atoms with Gasteiger partial charge in [-0.05, 0) is 36.2 Å². The summed E-state index contributed by atoms with van der Waals surface area (Å²) in [6.45, 7) is 2.07. The molecule has 3 aromatic carbocycles. The minimum atomic E-state index is -0.533. The van der Waals surface area contributed by atoms with Crippen LogP contribution in [0.15, 0.2) is 78.9 Å². The number of benzene rings is 3. The van der Waals surface area contributed by atoms with E-state index in [0.717, 1.165) is 39.0 Å². The average molecular weight is 422 g/mol. The van der Waals surface area contributed by atoms with Crippen molar-refractivity contribution in [2.45, 2.75) is 25.4 Å². The molecule has 0 spiro atoms. The number of hydrogen-bond acceptors (Lipinski definition) is 2. The molecule has 0 aliphatic carbocycles. The highest BCUT2D eigenvalue weighted by Gasteiger charge is 2.48. The van der Waals surface area contributed by atoms with Crippen LogP contribution in [-0.4, -0.2) is 34.3 Å². The summed E-state index contributed by atoms with van der Waals surface area (Å²) in [5.74, 6) is -0.0568. The number of carbonyl (C=O) groups excluding carboxylic acids is 2. The Morgan fingerprint density at radius 2 is 1.59 bits per heavy atom. The Balaban J connectivity index is 1.51. The van der Waals surface area contributed by atoms with E-state index >= 15 is 0 Å². The van der Waals surface area contributed by atoms with Crippen LogP contribution in [0.25, 0.3) is 10.9 Å². The summed E-state index contributed by atoms with van der Waals surface area (Å²) in [5.41, 5.74) is 6.08. The summed E-state index contributed by atoms with van der Waals surface area (Å²) in [7, 11) is 0. The minimum Gasteiger partial charge on any atom is -0.356 e.